The third-order valence-corrected chi connectivity index (χ3v) is 9.47. The van der Waals surface area contributed by atoms with Crippen LogP contribution in [-0.4, -0.2) is 11.8 Å². The zero-order valence-electron chi connectivity index (χ0n) is 20.7. The van der Waals surface area contributed by atoms with Gasteiger partial charge in [0.15, 0.2) is 5.78 Å². The van der Waals surface area contributed by atoms with Crippen LogP contribution >= 0.6 is 0 Å². The SMILES string of the molecule is CC.CC12CCC(=O)C=C1CCC1C2CCC2(C)C(C(=O)ONc3ccccc3N)CCC12. The highest BCUT2D eigenvalue weighted by Crippen LogP contribution is 2.66. The molecule has 33 heavy (non-hydrogen) atoms. The molecule has 4 aliphatic rings. The normalized spacial score (nSPS) is 36.8. The van der Waals surface area contributed by atoms with E-state index in [9.17, 15) is 9.59 Å². The first-order valence-corrected chi connectivity index (χ1v) is 12.9. The van der Waals surface area contributed by atoms with Gasteiger partial charge in [-0.05, 0) is 91.7 Å². The van der Waals surface area contributed by atoms with Crippen LogP contribution in [0.3, 0.4) is 0 Å². The lowest BCUT2D eigenvalue weighted by molar-refractivity contribution is -0.153. The molecule has 5 nitrogen and oxygen atoms in total. The molecule has 0 radical (unpaired) electrons. The first kappa shape index (κ1) is 23.8. The summed E-state index contributed by atoms with van der Waals surface area (Å²) in [5, 5.41) is 0. The van der Waals surface area contributed by atoms with Gasteiger partial charge in [-0.25, -0.2) is 10.3 Å². The summed E-state index contributed by atoms with van der Waals surface area (Å²) in [5.74, 6) is 1.91. The van der Waals surface area contributed by atoms with Gasteiger partial charge in [0.1, 0.15) is 0 Å². The van der Waals surface area contributed by atoms with Crippen molar-refractivity contribution in [2.75, 3.05) is 11.2 Å². The Morgan fingerprint density at radius 3 is 2.55 bits per heavy atom. The van der Waals surface area contributed by atoms with Crippen molar-refractivity contribution in [3.63, 3.8) is 0 Å². The predicted molar refractivity (Wildman–Crippen MR) is 132 cm³/mol. The van der Waals surface area contributed by atoms with E-state index in [1.165, 1.54) is 5.57 Å². The summed E-state index contributed by atoms with van der Waals surface area (Å²) in [4.78, 5) is 30.7. The van der Waals surface area contributed by atoms with Crippen molar-refractivity contribution < 1.29 is 14.4 Å². The number of hydrogen-bond acceptors (Lipinski definition) is 5. The summed E-state index contributed by atoms with van der Waals surface area (Å²) in [7, 11) is 0. The van der Waals surface area contributed by atoms with Crippen molar-refractivity contribution >= 4 is 23.1 Å². The van der Waals surface area contributed by atoms with Crippen LogP contribution in [0.15, 0.2) is 35.9 Å². The molecule has 0 bridgehead atoms. The maximum Gasteiger partial charge on any atom is 0.335 e. The molecule has 6 atom stereocenters. The minimum Gasteiger partial charge on any atom is -0.397 e. The monoisotopic (exact) mass is 452 g/mol. The Kier molecular flexibility index (Phi) is 6.61. The summed E-state index contributed by atoms with van der Waals surface area (Å²) < 4.78 is 0. The lowest BCUT2D eigenvalue weighted by Gasteiger charge is -2.57. The second-order valence-corrected chi connectivity index (χ2v) is 10.8. The van der Waals surface area contributed by atoms with Crippen molar-refractivity contribution in [1.82, 2.24) is 0 Å². The van der Waals surface area contributed by atoms with E-state index in [0.29, 0.717) is 41.3 Å². The number of anilines is 2. The van der Waals surface area contributed by atoms with Gasteiger partial charge in [0.2, 0.25) is 0 Å². The van der Waals surface area contributed by atoms with Gasteiger partial charge in [-0.3, -0.25) is 4.79 Å². The number of allylic oxidation sites excluding steroid dienone is 1. The second kappa shape index (κ2) is 9.15. The number of para-hydroxylation sites is 2. The average Bonchev–Trinajstić information content (AvgIpc) is 3.17. The summed E-state index contributed by atoms with van der Waals surface area (Å²) >= 11 is 0. The lowest BCUT2D eigenvalue weighted by atomic mass is 9.47. The molecule has 3 fully saturated rings. The minimum absolute atomic E-state index is 0.00970. The highest BCUT2D eigenvalue weighted by Gasteiger charge is 2.60. The zero-order chi connectivity index (χ0) is 23.8. The summed E-state index contributed by atoms with van der Waals surface area (Å²) in [5.41, 5.74) is 11.5. The summed E-state index contributed by atoms with van der Waals surface area (Å²) in [6.07, 6.45) is 10.0. The number of nitrogens with one attached hydrogen (secondary N) is 1. The van der Waals surface area contributed by atoms with Gasteiger partial charge in [0, 0.05) is 6.42 Å². The molecule has 0 saturated heterocycles. The fourth-order valence-corrected chi connectivity index (χ4v) is 7.71. The van der Waals surface area contributed by atoms with E-state index >= 15 is 0 Å². The second-order valence-electron chi connectivity index (χ2n) is 10.8. The number of hydrogen-bond donors (Lipinski definition) is 2. The molecule has 180 valence electrons. The van der Waals surface area contributed by atoms with Crippen LogP contribution in [0.25, 0.3) is 0 Å². The number of ketones is 1. The molecule has 0 aliphatic heterocycles. The van der Waals surface area contributed by atoms with E-state index in [0.717, 1.165) is 44.9 Å². The Labute approximate surface area is 198 Å². The zero-order valence-corrected chi connectivity index (χ0v) is 20.7. The molecular formula is C28H40N2O3. The van der Waals surface area contributed by atoms with Crippen molar-refractivity contribution in [2.24, 2.45) is 34.5 Å². The van der Waals surface area contributed by atoms with E-state index in [1.54, 1.807) is 6.07 Å². The maximum absolute atomic E-state index is 13.1. The quantitative estimate of drug-likeness (QED) is 0.415. The van der Waals surface area contributed by atoms with E-state index < -0.39 is 0 Å². The van der Waals surface area contributed by atoms with Crippen LogP contribution < -0.4 is 11.2 Å². The van der Waals surface area contributed by atoms with Crippen LogP contribution in [0.4, 0.5) is 11.4 Å². The smallest absolute Gasteiger partial charge is 0.335 e. The van der Waals surface area contributed by atoms with Gasteiger partial charge in [-0.2, -0.15) is 0 Å². The summed E-state index contributed by atoms with van der Waals surface area (Å²) in [6, 6.07) is 7.33. The molecule has 6 unspecified atom stereocenters. The Morgan fingerprint density at radius 1 is 1.03 bits per heavy atom. The Balaban J connectivity index is 0.00000126. The third-order valence-electron chi connectivity index (χ3n) is 9.47. The first-order valence-electron chi connectivity index (χ1n) is 12.9. The molecule has 0 aromatic heterocycles. The van der Waals surface area contributed by atoms with Crippen LogP contribution in [0.2, 0.25) is 0 Å². The Morgan fingerprint density at radius 2 is 1.79 bits per heavy atom. The molecule has 0 heterocycles. The molecule has 5 heteroatoms. The standard InChI is InChI=1S/C26H34N2O3.C2H6/c1-25-13-11-17(29)15-16(25)7-8-18-19-9-10-21(26(19,2)14-12-20(18)25)24(30)31-28-23-6-4-3-5-22(23)27;1-2/h3-6,15,18-21,28H,7-14,27H2,1-2H3;1-2H3. The van der Waals surface area contributed by atoms with E-state index in [1.807, 2.05) is 38.1 Å². The fourth-order valence-electron chi connectivity index (χ4n) is 7.71. The number of nitrogen functional groups attached to an aromatic ring is 1. The number of carbonyl (C=O) groups is 2. The van der Waals surface area contributed by atoms with Gasteiger partial charge >= 0.3 is 5.97 Å². The molecule has 3 N–H and O–H groups in total. The van der Waals surface area contributed by atoms with Crippen molar-refractivity contribution in [3.05, 3.63) is 35.9 Å². The van der Waals surface area contributed by atoms with Crippen molar-refractivity contribution in [2.45, 2.75) is 79.1 Å². The summed E-state index contributed by atoms with van der Waals surface area (Å²) in [6.45, 7) is 8.72. The lowest BCUT2D eigenvalue weighted by Crippen LogP contribution is -2.51. The molecule has 1 aromatic rings. The van der Waals surface area contributed by atoms with Gasteiger partial charge in [0.25, 0.3) is 0 Å². The van der Waals surface area contributed by atoms with E-state index in [2.05, 4.69) is 19.3 Å². The molecule has 0 amide bonds. The molecule has 0 spiro atoms. The number of fused-ring (bicyclic) bond motifs is 5. The third kappa shape index (κ3) is 3.98. The van der Waals surface area contributed by atoms with Crippen molar-refractivity contribution in [3.8, 4) is 0 Å². The average molecular weight is 453 g/mol. The maximum atomic E-state index is 13.1. The Hall–Kier alpha value is -2.30. The first-order chi connectivity index (χ1) is 15.8. The molecule has 3 saturated carbocycles. The van der Waals surface area contributed by atoms with Crippen LogP contribution in [0, 0.1) is 34.5 Å². The Bertz CT molecular complexity index is 941. The van der Waals surface area contributed by atoms with Gasteiger partial charge in [0.05, 0.1) is 17.3 Å². The van der Waals surface area contributed by atoms with Gasteiger partial charge in [-0.15, -0.1) is 0 Å². The number of nitrogens with two attached hydrogens (primary N) is 1. The van der Waals surface area contributed by atoms with E-state index in [4.69, 9.17) is 10.6 Å². The highest BCUT2D eigenvalue weighted by atomic mass is 16.7. The van der Waals surface area contributed by atoms with E-state index in [-0.39, 0.29) is 22.7 Å². The van der Waals surface area contributed by atoms with Crippen LogP contribution in [-0.2, 0) is 14.4 Å². The number of rotatable bonds is 3. The molecular weight excluding hydrogens is 412 g/mol. The molecule has 5 rings (SSSR count). The van der Waals surface area contributed by atoms with Gasteiger partial charge in [-0.1, -0.05) is 45.4 Å². The number of carbonyl (C=O) groups excluding carboxylic acids is 2. The molecule has 1 aromatic carbocycles. The fraction of sp³-hybridized carbons (Fsp3) is 0.643. The topological polar surface area (TPSA) is 81.4 Å². The molecule has 4 aliphatic carbocycles. The minimum atomic E-state index is -0.155. The van der Waals surface area contributed by atoms with Crippen LogP contribution in [0.5, 0.6) is 0 Å². The highest BCUT2D eigenvalue weighted by molar-refractivity contribution is 5.91. The predicted octanol–water partition coefficient (Wildman–Crippen LogP) is 6.31. The van der Waals surface area contributed by atoms with Crippen LogP contribution in [0.1, 0.15) is 79.1 Å². The van der Waals surface area contributed by atoms with Gasteiger partial charge < -0.3 is 10.6 Å². The number of benzene rings is 1. The van der Waals surface area contributed by atoms with Crippen molar-refractivity contribution in [1.29, 1.82) is 0 Å². The largest absolute Gasteiger partial charge is 0.397 e.